The van der Waals surface area contributed by atoms with E-state index in [1.54, 1.807) is 7.11 Å². The number of benzene rings is 1. The van der Waals surface area contributed by atoms with Gasteiger partial charge in [0.2, 0.25) is 12.6 Å². The number of carbonyl (C=O) groups excluding carboxylic acids is 2. The molecule has 6 aliphatic rings. The normalized spacial score (nSPS) is 33.4. The van der Waals surface area contributed by atoms with Gasteiger partial charge in [0.05, 0.1) is 19.6 Å². The third-order valence-corrected chi connectivity index (χ3v) is 9.52. The van der Waals surface area contributed by atoms with Gasteiger partial charge in [-0.3, -0.25) is 9.69 Å². The molecule has 0 radical (unpaired) electrons. The number of esters is 2. The third-order valence-electron chi connectivity index (χ3n) is 9.52. The minimum Gasteiger partial charge on any atom is -0.469 e. The minimum atomic E-state index is -2.02. The standard InChI is InChI=1S/C29H39NO9/c1-17(2)7-5-9-28(33,13-23(31)34-3)26(32)38-25-24-19-12-21-20(36-16-37-21)11-18(19)22-14-30-10-6-8-27(24,30)15-29(25,35-4)39-22/h11-12,17,22,24-25,33H,5-10,13-16H2,1-4H3/t22-,24+,25-,27-,28+,29+/m0/s1. The Kier molecular flexibility index (Phi) is 6.60. The van der Waals surface area contributed by atoms with Gasteiger partial charge < -0.3 is 33.5 Å². The van der Waals surface area contributed by atoms with E-state index in [0.717, 1.165) is 36.9 Å². The van der Waals surface area contributed by atoms with Crippen LogP contribution in [0.15, 0.2) is 12.1 Å². The number of aliphatic hydroxyl groups is 1. The summed E-state index contributed by atoms with van der Waals surface area (Å²) in [7, 11) is 2.83. The summed E-state index contributed by atoms with van der Waals surface area (Å²) in [5.41, 5.74) is -0.377. The zero-order chi connectivity index (χ0) is 27.6. The van der Waals surface area contributed by atoms with Gasteiger partial charge in [0.1, 0.15) is 0 Å². The molecule has 1 aliphatic carbocycles. The van der Waals surface area contributed by atoms with Crippen LogP contribution in [-0.2, 0) is 28.5 Å². The number of nitrogens with zero attached hydrogens (tertiary/aromatic N) is 1. The number of hydrogen-bond donors (Lipinski definition) is 1. The van der Waals surface area contributed by atoms with Crippen LogP contribution in [0.5, 0.6) is 11.5 Å². The molecule has 5 aliphatic heterocycles. The maximum Gasteiger partial charge on any atom is 0.339 e. The molecule has 4 bridgehead atoms. The molecule has 0 unspecified atom stereocenters. The van der Waals surface area contributed by atoms with E-state index in [-0.39, 0.29) is 30.8 Å². The molecule has 1 spiro atoms. The zero-order valence-electron chi connectivity index (χ0n) is 23.2. The summed E-state index contributed by atoms with van der Waals surface area (Å²) in [6.07, 6.45) is 2.28. The number of methoxy groups -OCH3 is 2. The van der Waals surface area contributed by atoms with Gasteiger partial charge in [-0.25, -0.2) is 4.79 Å². The van der Waals surface area contributed by atoms with Crippen LogP contribution < -0.4 is 9.47 Å². The quantitative estimate of drug-likeness (QED) is 0.464. The fourth-order valence-electron chi connectivity index (χ4n) is 7.67. The van der Waals surface area contributed by atoms with Crippen LogP contribution in [-0.4, -0.2) is 79.1 Å². The van der Waals surface area contributed by atoms with Crippen molar-refractivity contribution in [2.24, 2.45) is 5.92 Å². The molecule has 0 aromatic heterocycles. The lowest BCUT2D eigenvalue weighted by Crippen LogP contribution is -2.52. The lowest BCUT2D eigenvalue weighted by molar-refractivity contribution is -0.284. The second-order valence-corrected chi connectivity index (χ2v) is 12.2. The Morgan fingerprint density at radius 3 is 2.64 bits per heavy atom. The van der Waals surface area contributed by atoms with Crippen molar-refractivity contribution < 1.29 is 43.1 Å². The monoisotopic (exact) mass is 545 g/mol. The predicted molar refractivity (Wildman–Crippen MR) is 137 cm³/mol. The second kappa shape index (κ2) is 9.61. The first kappa shape index (κ1) is 26.8. The Labute approximate surface area is 228 Å². The third kappa shape index (κ3) is 4.13. The molecular weight excluding hydrogens is 506 g/mol. The van der Waals surface area contributed by atoms with Crippen molar-refractivity contribution in [3.8, 4) is 11.5 Å². The molecule has 1 N–H and O–H groups in total. The summed E-state index contributed by atoms with van der Waals surface area (Å²) < 4.78 is 35.5. The highest BCUT2D eigenvalue weighted by Gasteiger charge is 2.72. The van der Waals surface area contributed by atoms with Gasteiger partial charge in [-0.2, -0.15) is 0 Å². The van der Waals surface area contributed by atoms with E-state index < -0.39 is 35.9 Å². The zero-order valence-corrected chi connectivity index (χ0v) is 23.2. The molecule has 0 amide bonds. The van der Waals surface area contributed by atoms with Crippen LogP contribution in [0.3, 0.4) is 0 Å². The van der Waals surface area contributed by atoms with Gasteiger partial charge >= 0.3 is 11.9 Å². The van der Waals surface area contributed by atoms with Crippen LogP contribution in [0.1, 0.15) is 81.9 Å². The van der Waals surface area contributed by atoms with Crippen LogP contribution in [0.2, 0.25) is 0 Å². The van der Waals surface area contributed by atoms with Crippen LogP contribution in [0.25, 0.3) is 0 Å². The number of hydrogen-bond acceptors (Lipinski definition) is 10. The molecule has 7 rings (SSSR count). The molecule has 1 saturated carbocycles. The van der Waals surface area contributed by atoms with Gasteiger partial charge in [-0.1, -0.05) is 20.3 Å². The Morgan fingerprint density at radius 2 is 1.95 bits per heavy atom. The van der Waals surface area contributed by atoms with Crippen LogP contribution in [0, 0.1) is 5.92 Å². The number of rotatable bonds is 9. The first-order chi connectivity index (χ1) is 18.6. The SMILES string of the molecule is COC(=O)C[C@](O)(CCCC(C)C)C(=O)O[C@H]1[C@H]2c3cc4c(cc3[C@@H]3CN5CCC[C@]25C[C@@]1(OC)O3)OCO4. The summed E-state index contributed by atoms with van der Waals surface area (Å²) in [5, 5.41) is 11.6. The van der Waals surface area contributed by atoms with Gasteiger partial charge in [-0.05, 0) is 61.4 Å². The summed E-state index contributed by atoms with van der Waals surface area (Å²) in [6.45, 7) is 5.93. The van der Waals surface area contributed by atoms with E-state index in [2.05, 4.69) is 18.7 Å². The van der Waals surface area contributed by atoms with Crippen LogP contribution in [0.4, 0.5) is 0 Å². The molecule has 10 nitrogen and oxygen atoms in total. The first-order valence-electron chi connectivity index (χ1n) is 14.1. The Balaban J connectivity index is 1.41. The highest BCUT2D eigenvalue weighted by Crippen LogP contribution is 2.65. The van der Waals surface area contributed by atoms with E-state index in [4.69, 9.17) is 28.4 Å². The van der Waals surface area contributed by atoms with Crippen molar-refractivity contribution in [2.45, 2.75) is 93.8 Å². The molecule has 214 valence electrons. The second-order valence-electron chi connectivity index (χ2n) is 12.2. The molecule has 10 heteroatoms. The molecule has 1 aromatic rings. The van der Waals surface area contributed by atoms with Gasteiger partial charge in [0.15, 0.2) is 23.2 Å². The fourth-order valence-corrected chi connectivity index (χ4v) is 7.67. The van der Waals surface area contributed by atoms with Gasteiger partial charge in [0, 0.05) is 31.5 Å². The molecule has 5 heterocycles. The van der Waals surface area contributed by atoms with Crippen molar-refractivity contribution in [3.05, 3.63) is 23.3 Å². The summed E-state index contributed by atoms with van der Waals surface area (Å²) in [5.74, 6) is -1.28. The molecule has 1 aromatic carbocycles. The van der Waals surface area contributed by atoms with E-state index in [9.17, 15) is 14.7 Å². The number of ether oxygens (including phenoxy) is 6. The Morgan fingerprint density at radius 1 is 1.21 bits per heavy atom. The van der Waals surface area contributed by atoms with Crippen molar-refractivity contribution in [2.75, 3.05) is 34.1 Å². The Hall–Kier alpha value is -2.40. The lowest BCUT2D eigenvalue weighted by atomic mass is 9.78. The number of carbonyl (C=O) groups is 2. The highest BCUT2D eigenvalue weighted by atomic mass is 16.7. The van der Waals surface area contributed by atoms with E-state index in [1.165, 1.54) is 7.11 Å². The average Bonchev–Trinajstić information content (AvgIpc) is 3.52. The summed E-state index contributed by atoms with van der Waals surface area (Å²) >= 11 is 0. The summed E-state index contributed by atoms with van der Waals surface area (Å²) in [4.78, 5) is 28.7. The topological polar surface area (TPSA) is 113 Å². The average molecular weight is 546 g/mol. The van der Waals surface area contributed by atoms with Crippen molar-refractivity contribution in [1.29, 1.82) is 0 Å². The molecule has 2 saturated heterocycles. The summed E-state index contributed by atoms with van der Waals surface area (Å²) in [6, 6.07) is 3.99. The minimum absolute atomic E-state index is 0.0898. The van der Waals surface area contributed by atoms with Crippen molar-refractivity contribution in [3.63, 3.8) is 0 Å². The maximum absolute atomic E-state index is 13.9. The maximum atomic E-state index is 13.9. The predicted octanol–water partition coefficient (Wildman–Crippen LogP) is 3.20. The number of fused-ring (bicyclic) bond motifs is 1. The van der Waals surface area contributed by atoms with Crippen LogP contribution >= 0.6 is 0 Å². The first-order valence-corrected chi connectivity index (χ1v) is 14.1. The van der Waals surface area contributed by atoms with Gasteiger partial charge in [-0.15, -0.1) is 0 Å². The van der Waals surface area contributed by atoms with E-state index in [1.807, 2.05) is 12.1 Å². The van der Waals surface area contributed by atoms with Crippen molar-refractivity contribution in [1.82, 2.24) is 4.90 Å². The van der Waals surface area contributed by atoms with Gasteiger partial charge in [0.25, 0.3) is 0 Å². The highest BCUT2D eigenvalue weighted by molar-refractivity contribution is 5.86. The lowest BCUT2D eigenvalue weighted by Gasteiger charge is -2.40. The molecular formula is C29H39NO9. The smallest absolute Gasteiger partial charge is 0.339 e. The molecule has 3 fully saturated rings. The molecule has 6 atom stereocenters. The largest absolute Gasteiger partial charge is 0.469 e. The molecule has 39 heavy (non-hydrogen) atoms. The Bertz CT molecular complexity index is 1160. The van der Waals surface area contributed by atoms with E-state index >= 15 is 0 Å². The fraction of sp³-hybridized carbons (Fsp3) is 0.724. The van der Waals surface area contributed by atoms with E-state index in [0.29, 0.717) is 36.8 Å². The van der Waals surface area contributed by atoms with Crippen molar-refractivity contribution >= 4 is 11.9 Å².